The van der Waals surface area contributed by atoms with Gasteiger partial charge in [0.15, 0.2) is 0 Å². The minimum absolute atomic E-state index is 0.113. The minimum Gasteiger partial charge on any atom is -0.480 e. The van der Waals surface area contributed by atoms with Crippen molar-refractivity contribution in [3.63, 3.8) is 0 Å². The second-order valence-electron chi connectivity index (χ2n) is 4.88. The number of carboxylic acid groups (broad SMARTS) is 1. The lowest BCUT2D eigenvalue weighted by molar-refractivity contribution is -0.148. The Morgan fingerprint density at radius 3 is 2.67 bits per heavy atom. The van der Waals surface area contributed by atoms with E-state index in [2.05, 4.69) is 4.72 Å². The number of sulfonamides is 1. The van der Waals surface area contributed by atoms with Crippen LogP contribution < -0.4 is 4.72 Å². The van der Waals surface area contributed by atoms with Gasteiger partial charge in [0.1, 0.15) is 12.1 Å². The number of carboxylic acids is 1. The van der Waals surface area contributed by atoms with E-state index in [-0.39, 0.29) is 5.75 Å². The Labute approximate surface area is 129 Å². The van der Waals surface area contributed by atoms with Crippen LogP contribution in [0.2, 0.25) is 0 Å². The fourth-order valence-electron chi connectivity index (χ4n) is 2.26. The average molecular weight is 338 g/mol. The molecule has 0 saturated carbocycles. The summed E-state index contributed by atoms with van der Waals surface area (Å²) in [6.45, 7) is 1.85. The van der Waals surface area contributed by atoms with Crippen LogP contribution in [0, 0.1) is 0 Å². The molecule has 1 unspecified atom stereocenters. The van der Waals surface area contributed by atoms with Crippen molar-refractivity contribution in [2.75, 3.05) is 24.3 Å². The fourth-order valence-corrected chi connectivity index (χ4v) is 3.55. The van der Waals surface area contributed by atoms with Gasteiger partial charge in [0.25, 0.3) is 0 Å². The van der Waals surface area contributed by atoms with Gasteiger partial charge in [-0.25, -0.2) is 17.9 Å². The molecule has 0 aromatic carbocycles. The maximum absolute atomic E-state index is 12.5. The maximum Gasteiger partial charge on any atom is 0.326 e. The number of hydrogen-bond acceptors (Lipinski definition) is 5. The highest BCUT2D eigenvalue weighted by Gasteiger charge is 2.37. The summed E-state index contributed by atoms with van der Waals surface area (Å²) < 4.78 is 25.8. The van der Waals surface area contributed by atoms with Gasteiger partial charge in [-0.05, 0) is 38.2 Å². The van der Waals surface area contributed by atoms with Crippen LogP contribution in [0.15, 0.2) is 0 Å². The smallest absolute Gasteiger partial charge is 0.326 e. The largest absolute Gasteiger partial charge is 0.480 e. The Bertz CT molecular complexity index is 480. The van der Waals surface area contributed by atoms with Gasteiger partial charge < -0.3 is 10.0 Å². The Morgan fingerprint density at radius 2 is 2.14 bits per heavy atom. The van der Waals surface area contributed by atoms with Crippen molar-refractivity contribution in [2.24, 2.45) is 0 Å². The van der Waals surface area contributed by atoms with E-state index in [9.17, 15) is 18.0 Å². The highest BCUT2D eigenvalue weighted by Crippen LogP contribution is 2.19. The van der Waals surface area contributed by atoms with E-state index in [1.54, 1.807) is 0 Å². The molecule has 1 rings (SSSR count). The first-order chi connectivity index (χ1) is 9.82. The van der Waals surface area contributed by atoms with Crippen LogP contribution in [-0.2, 0) is 19.6 Å². The van der Waals surface area contributed by atoms with E-state index in [1.807, 2.05) is 6.26 Å². The van der Waals surface area contributed by atoms with Gasteiger partial charge in [-0.1, -0.05) is 0 Å². The number of likely N-dealkylation sites (tertiary alicyclic amines) is 1. The summed E-state index contributed by atoms with van der Waals surface area (Å²) in [6, 6.07) is -1.73. The summed E-state index contributed by atoms with van der Waals surface area (Å²) in [4.78, 5) is 24.9. The van der Waals surface area contributed by atoms with Crippen LogP contribution in [0.4, 0.5) is 0 Å². The SMILES string of the molecule is CCS(=O)(=O)NC(CCSC)C(=O)N1CCC[C@H]1C(=O)O. The molecular weight excluding hydrogens is 316 g/mol. The fraction of sp³-hybridized carbons (Fsp3) is 0.833. The summed E-state index contributed by atoms with van der Waals surface area (Å²) in [6.07, 6.45) is 3.25. The normalized spacial score (nSPS) is 20.5. The van der Waals surface area contributed by atoms with Crippen molar-refractivity contribution >= 4 is 33.7 Å². The Morgan fingerprint density at radius 1 is 1.48 bits per heavy atom. The summed E-state index contributed by atoms with van der Waals surface area (Å²) >= 11 is 1.51. The predicted molar refractivity (Wildman–Crippen MR) is 81.8 cm³/mol. The van der Waals surface area contributed by atoms with E-state index in [1.165, 1.54) is 23.6 Å². The number of carbonyl (C=O) groups excluding carboxylic acids is 1. The molecule has 9 heteroatoms. The topological polar surface area (TPSA) is 104 Å². The third-order valence-electron chi connectivity index (χ3n) is 3.43. The molecule has 0 bridgehead atoms. The monoisotopic (exact) mass is 338 g/mol. The molecule has 0 radical (unpaired) electrons. The first kappa shape index (κ1) is 18.2. The van der Waals surface area contributed by atoms with Crippen molar-refractivity contribution in [2.45, 2.75) is 38.3 Å². The Hall–Kier alpha value is -0.800. The van der Waals surface area contributed by atoms with Crippen molar-refractivity contribution in [1.29, 1.82) is 0 Å². The van der Waals surface area contributed by atoms with E-state index >= 15 is 0 Å². The molecule has 0 aromatic heterocycles. The molecule has 1 aliphatic heterocycles. The van der Waals surface area contributed by atoms with E-state index < -0.39 is 34.0 Å². The highest BCUT2D eigenvalue weighted by atomic mass is 32.2. The lowest BCUT2D eigenvalue weighted by Gasteiger charge is -2.27. The van der Waals surface area contributed by atoms with Gasteiger partial charge in [0.05, 0.1) is 5.75 Å². The molecule has 1 heterocycles. The van der Waals surface area contributed by atoms with Crippen molar-refractivity contribution in [3.8, 4) is 0 Å². The van der Waals surface area contributed by atoms with Crippen molar-refractivity contribution < 1.29 is 23.1 Å². The quantitative estimate of drug-likeness (QED) is 0.652. The first-order valence-corrected chi connectivity index (χ1v) is 9.89. The maximum atomic E-state index is 12.5. The number of nitrogens with one attached hydrogen (secondary N) is 1. The molecule has 122 valence electrons. The Kier molecular flexibility index (Phi) is 6.95. The molecule has 7 nitrogen and oxygen atoms in total. The summed E-state index contributed by atoms with van der Waals surface area (Å²) in [5, 5.41) is 9.13. The van der Waals surface area contributed by atoms with Crippen LogP contribution >= 0.6 is 11.8 Å². The summed E-state index contributed by atoms with van der Waals surface area (Å²) in [7, 11) is -3.52. The molecule has 2 atom stereocenters. The van der Waals surface area contributed by atoms with Crippen LogP contribution in [-0.4, -0.2) is 66.7 Å². The number of hydrogen-bond donors (Lipinski definition) is 2. The third kappa shape index (κ3) is 5.15. The highest BCUT2D eigenvalue weighted by molar-refractivity contribution is 7.98. The van der Waals surface area contributed by atoms with E-state index in [0.29, 0.717) is 31.6 Å². The Balaban J connectivity index is 2.86. The van der Waals surface area contributed by atoms with Crippen LogP contribution in [0.5, 0.6) is 0 Å². The zero-order chi connectivity index (χ0) is 16.0. The van der Waals surface area contributed by atoms with Crippen molar-refractivity contribution in [1.82, 2.24) is 9.62 Å². The van der Waals surface area contributed by atoms with Crippen molar-refractivity contribution in [3.05, 3.63) is 0 Å². The molecule has 1 saturated heterocycles. The molecule has 0 aliphatic carbocycles. The number of nitrogens with zero attached hydrogens (tertiary/aromatic N) is 1. The number of thioether (sulfide) groups is 1. The standard InChI is InChI=1S/C12H22N2O5S2/c1-3-21(18,19)13-9(6-8-20-2)11(15)14-7-4-5-10(14)12(16)17/h9-10,13H,3-8H2,1-2H3,(H,16,17)/t9?,10-/m0/s1. The molecule has 21 heavy (non-hydrogen) atoms. The van der Waals surface area contributed by atoms with E-state index in [0.717, 1.165) is 0 Å². The molecule has 0 spiro atoms. The van der Waals surface area contributed by atoms with Crippen LogP contribution in [0.1, 0.15) is 26.2 Å². The molecule has 2 N–H and O–H groups in total. The van der Waals surface area contributed by atoms with Crippen LogP contribution in [0.25, 0.3) is 0 Å². The van der Waals surface area contributed by atoms with Gasteiger partial charge in [-0.3, -0.25) is 4.79 Å². The number of carbonyl (C=O) groups is 2. The molecule has 1 aliphatic rings. The van der Waals surface area contributed by atoms with Gasteiger partial charge in [0.2, 0.25) is 15.9 Å². The van der Waals surface area contributed by atoms with E-state index in [4.69, 9.17) is 5.11 Å². The summed E-state index contributed by atoms with van der Waals surface area (Å²) in [5.74, 6) is -0.971. The minimum atomic E-state index is -3.52. The molecule has 1 fully saturated rings. The third-order valence-corrected chi connectivity index (χ3v) is 5.48. The van der Waals surface area contributed by atoms with Gasteiger partial charge >= 0.3 is 5.97 Å². The molecule has 0 aromatic rings. The second kappa shape index (κ2) is 8.00. The summed E-state index contributed by atoms with van der Waals surface area (Å²) in [5.41, 5.74) is 0. The van der Waals surface area contributed by atoms with Gasteiger partial charge in [-0.15, -0.1) is 0 Å². The molecule has 1 amide bonds. The lowest BCUT2D eigenvalue weighted by atomic mass is 10.2. The van der Waals surface area contributed by atoms with Gasteiger partial charge in [0, 0.05) is 6.54 Å². The lowest BCUT2D eigenvalue weighted by Crippen LogP contribution is -2.52. The van der Waals surface area contributed by atoms with Gasteiger partial charge in [-0.2, -0.15) is 11.8 Å². The predicted octanol–water partition coefficient (Wildman–Crippen LogP) is 0.123. The first-order valence-electron chi connectivity index (χ1n) is 6.84. The number of amides is 1. The molecular formula is C12H22N2O5S2. The zero-order valence-corrected chi connectivity index (χ0v) is 13.9. The number of aliphatic carboxylic acids is 1. The second-order valence-corrected chi connectivity index (χ2v) is 7.91. The van der Waals surface area contributed by atoms with Crippen LogP contribution in [0.3, 0.4) is 0 Å². The average Bonchev–Trinajstić information content (AvgIpc) is 2.92. The number of rotatable bonds is 8. The zero-order valence-electron chi connectivity index (χ0n) is 12.2.